The Bertz CT molecular complexity index is 760. The van der Waals surface area contributed by atoms with E-state index in [0.29, 0.717) is 5.56 Å². The summed E-state index contributed by atoms with van der Waals surface area (Å²) < 4.78 is 6.64. The van der Waals surface area contributed by atoms with Crippen molar-refractivity contribution in [2.24, 2.45) is 5.92 Å². The number of likely N-dealkylation sites (N-methyl/N-ethyl adjacent to an activating group) is 1. The summed E-state index contributed by atoms with van der Waals surface area (Å²) in [5.41, 5.74) is -0.832. The van der Waals surface area contributed by atoms with E-state index in [1.807, 2.05) is 30.3 Å². The number of carbonyl (C=O) groups is 2. The molecule has 1 heterocycles. The van der Waals surface area contributed by atoms with Gasteiger partial charge in [-0.05, 0) is 31.2 Å². The van der Waals surface area contributed by atoms with Gasteiger partial charge in [-0.25, -0.2) is 4.79 Å². The summed E-state index contributed by atoms with van der Waals surface area (Å²) in [5, 5.41) is 21.4. The minimum absolute atomic E-state index is 0.0405. The monoisotopic (exact) mass is 489 g/mol. The number of rotatable bonds is 12. The highest BCUT2D eigenvalue weighted by molar-refractivity contribution is 5.81. The predicted octanol–water partition coefficient (Wildman–Crippen LogP) is 4.33. The highest BCUT2D eigenvalue weighted by Gasteiger charge is 2.49. The normalized spacial score (nSPS) is 21.1. The maximum absolute atomic E-state index is 12.9. The third-order valence-corrected chi connectivity index (χ3v) is 7.48. The fourth-order valence-electron chi connectivity index (χ4n) is 5.35. The Hall–Kier alpha value is -1.92. The smallest absolute Gasteiger partial charge is 0.343 e. The summed E-state index contributed by atoms with van der Waals surface area (Å²) in [7, 11) is 4.29. The number of benzene rings is 1. The minimum Gasteiger partial charge on any atom is -0.550 e. The molecule has 2 fully saturated rings. The van der Waals surface area contributed by atoms with Crippen LogP contribution < -0.4 is 5.11 Å². The molecule has 6 heteroatoms. The van der Waals surface area contributed by atoms with Crippen LogP contribution in [-0.2, 0) is 19.9 Å². The Balaban J connectivity index is 0.000000307. The zero-order valence-corrected chi connectivity index (χ0v) is 22.2. The molecule has 1 aliphatic heterocycles. The van der Waals surface area contributed by atoms with Crippen molar-refractivity contribution in [3.63, 3.8) is 0 Å². The van der Waals surface area contributed by atoms with E-state index in [0.717, 1.165) is 62.5 Å². The molecule has 0 spiro atoms. The Morgan fingerprint density at radius 2 is 1.60 bits per heavy atom. The van der Waals surface area contributed by atoms with E-state index in [2.05, 4.69) is 21.0 Å². The molecular formula is C29H47NO5. The maximum Gasteiger partial charge on any atom is 0.343 e. The first-order chi connectivity index (χ1) is 16.7. The van der Waals surface area contributed by atoms with Crippen LogP contribution in [-0.4, -0.2) is 54.8 Å². The lowest BCUT2D eigenvalue weighted by Crippen LogP contribution is -2.46. The van der Waals surface area contributed by atoms with Crippen molar-refractivity contribution >= 4 is 11.9 Å². The first-order valence-corrected chi connectivity index (χ1v) is 13.7. The van der Waals surface area contributed by atoms with Gasteiger partial charge in [-0.1, -0.05) is 88.6 Å². The highest BCUT2D eigenvalue weighted by Crippen LogP contribution is 2.42. The summed E-state index contributed by atoms with van der Waals surface area (Å²) in [6.45, 7) is 4.02. The van der Waals surface area contributed by atoms with Crippen LogP contribution in [0.2, 0.25) is 0 Å². The van der Waals surface area contributed by atoms with Gasteiger partial charge in [-0.15, -0.1) is 0 Å². The Morgan fingerprint density at radius 1 is 1.00 bits per heavy atom. The van der Waals surface area contributed by atoms with Crippen LogP contribution in [0.1, 0.15) is 96.0 Å². The van der Waals surface area contributed by atoms with E-state index in [1.54, 1.807) is 0 Å². The molecule has 0 radical (unpaired) electrons. The van der Waals surface area contributed by atoms with Crippen molar-refractivity contribution in [2.75, 3.05) is 27.2 Å². The second kappa shape index (κ2) is 14.6. The summed E-state index contributed by atoms with van der Waals surface area (Å²) in [4.78, 5) is 23.0. The third-order valence-electron chi connectivity index (χ3n) is 7.48. The van der Waals surface area contributed by atoms with Crippen LogP contribution in [0.25, 0.3) is 0 Å². The second-order valence-electron chi connectivity index (χ2n) is 11.0. The molecule has 2 unspecified atom stereocenters. The van der Waals surface area contributed by atoms with Gasteiger partial charge in [0.25, 0.3) is 0 Å². The number of hydrogen-bond acceptors (Lipinski definition) is 5. The lowest BCUT2D eigenvalue weighted by Gasteiger charge is -2.33. The molecule has 0 amide bonds. The quantitative estimate of drug-likeness (QED) is 0.268. The van der Waals surface area contributed by atoms with Crippen LogP contribution in [0.15, 0.2) is 30.3 Å². The fraction of sp³-hybridized carbons (Fsp3) is 0.724. The van der Waals surface area contributed by atoms with Gasteiger partial charge in [-0.3, -0.25) is 0 Å². The number of ether oxygens (including phenoxy) is 1. The Morgan fingerprint density at radius 3 is 2.14 bits per heavy atom. The molecule has 1 saturated carbocycles. The topological polar surface area (TPSA) is 86.7 Å². The largest absolute Gasteiger partial charge is 0.550 e. The van der Waals surface area contributed by atoms with Gasteiger partial charge in [-0.2, -0.15) is 0 Å². The number of aliphatic hydroxyl groups is 1. The number of hydrogen-bond donors (Lipinski definition) is 1. The van der Waals surface area contributed by atoms with Gasteiger partial charge in [0.15, 0.2) is 11.7 Å². The number of esters is 1. The van der Waals surface area contributed by atoms with Crippen LogP contribution in [0.4, 0.5) is 0 Å². The van der Waals surface area contributed by atoms with E-state index in [-0.39, 0.29) is 18.4 Å². The Labute approximate surface area is 212 Å². The zero-order valence-electron chi connectivity index (χ0n) is 22.2. The first kappa shape index (κ1) is 29.3. The number of likely N-dealkylation sites (tertiary alicyclic amines) is 1. The van der Waals surface area contributed by atoms with E-state index < -0.39 is 17.5 Å². The van der Waals surface area contributed by atoms with Crippen LogP contribution in [0.3, 0.4) is 0 Å². The molecule has 6 nitrogen and oxygen atoms in total. The van der Waals surface area contributed by atoms with E-state index in [1.165, 1.54) is 32.1 Å². The third kappa shape index (κ3) is 9.57. The highest BCUT2D eigenvalue weighted by atomic mass is 16.6. The van der Waals surface area contributed by atoms with Gasteiger partial charge in [0.1, 0.15) is 6.54 Å². The second-order valence-corrected chi connectivity index (χ2v) is 11.0. The molecule has 0 aromatic heterocycles. The Kier molecular flexibility index (Phi) is 12.2. The average Bonchev–Trinajstić information content (AvgIpc) is 3.49. The van der Waals surface area contributed by atoms with Crippen molar-refractivity contribution in [3.05, 3.63) is 35.9 Å². The number of aliphatic carboxylic acids is 1. The molecule has 1 saturated heterocycles. The van der Waals surface area contributed by atoms with Crippen LogP contribution >= 0.6 is 0 Å². The zero-order chi connectivity index (χ0) is 25.7. The van der Waals surface area contributed by atoms with E-state index in [9.17, 15) is 19.8 Å². The minimum atomic E-state index is -1.50. The molecular weight excluding hydrogens is 442 g/mol. The molecule has 0 bridgehead atoms. The molecule has 198 valence electrons. The standard InChI is InChI=1S/C19H28NO3.C10H20O2/c1-20(2)13-12-17(14-20)23-18(21)19(22,16-10-6-7-11-16)15-8-4-3-5-9-15;1-2-3-4-5-6-7-8-9-10(11)12/h3-5,8-9,16-17,22H,6-7,10-14H2,1-2H3;2-9H2,1H3,(H,11,12)/q+1;/p-1. The fourth-order valence-corrected chi connectivity index (χ4v) is 5.35. The number of quaternary nitrogens is 1. The number of unbranched alkanes of at least 4 members (excludes halogenated alkanes) is 6. The number of carboxylic acid groups (broad SMARTS) is 1. The maximum atomic E-state index is 12.9. The molecule has 1 aliphatic carbocycles. The van der Waals surface area contributed by atoms with Gasteiger partial charge in [0, 0.05) is 18.3 Å². The summed E-state index contributed by atoms with van der Waals surface area (Å²) in [6, 6.07) is 9.33. The van der Waals surface area contributed by atoms with Gasteiger partial charge >= 0.3 is 5.97 Å². The van der Waals surface area contributed by atoms with Gasteiger partial charge in [0.2, 0.25) is 0 Å². The number of carboxylic acids is 1. The molecule has 1 N–H and O–H groups in total. The predicted molar refractivity (Wildman–Crippen MR) is 136 cm³/mol. The SMILES string of the molecule is CCCCCCCCCC(=O)[O-].C[N+]1(C)CCC(OC(=O)C(O)(c2ccccc2)C2CCCC2)C1. The lowest BCUT2D eigenvalue weighted by molar-refractivity contribution is -0.879. The average molecular weight is 490 g/mol. The molecule has 3 rings (SSSR count). The molecule has 35 heavy (non-hydrogen) atoms. The van der Waals surface area contributed by atoms with Crippen molar-refractivity contribution in [3.8, 4) is 0 Å². The van der Waals surface area contributed by atoms with E-state index in [4.69, 9.17) is 4.74 Å². The number of carbonyl (C=O) groups excluding carboxylic acids is 2. The summed E-state index contributed by atoms with van der Waals surface area (Å²) in [5.74, 6) is -1.41. The lowest BCUT2D eigenvalue weighted by atomic mass is 9.80. The molecule has 2 aliphatic rings. The van der Waals surface area contributed by atoms with Gasteiger partial charge in [0.05, 0.1) is 20.6 Å². The van der Waals surface area contributed by atoms with Crippen LogP contribution in [0, 0.1) is 5.92 Å². The summed E-state index contributed by atoms with van der Waals surface area (Å²) in [6.07, 6.45) is 13.0. The van der Waals surface area contributed by atoms with Gasteiger partial charge < -0.3 is 24.2 Å². The summed E-state index contributed by atoms with van der Waals surface area (Å²) >= 11 is 0. The molecule has 1 aromatic carbocycles. The van der Waals surface area contributed by atoms with Crippen molar-refractivity contribution in [1.29, 1.82) is 0 Å². The molecule has 2 atom stereocenters. The van der Waals surface area contributed by atoms with Crippen molar-refractivity contribution in [2.45, 2.75) is 102 Å². The van der Waals surface area contributed by atoms with E-state index >= 15 is 0 Å². The van der Waals surface area contributed by atoms with Crippen molar-refractivity contribution in [1.82, 2.24) is 0 Å². The van der Waals surface area contributed by atoms with Crippen molar-refractivity contribution < 1.29 is 29.0 Å². The first-order valence-electron chi connectivity index (χ1n) is 13.7. The molecule has 1 aromatic rings. The number of nitrogens with zero attached hydrogens (tertiary/aromatic N) is 1. The van der Waals surface area contributed by atoms with Crippen LogP contribution in [0.5, 0.6) is 0 Å².